The number of hydrogen-bond acceptors (Lipinski definition) is 2. The van der Waals surface area contributed by atoms with Gasteiger partial charge in [0.1, 0.15) is 6.04 Å². The maximum absolute atomic E-state index is 12.8. The number of fused-ring (bicyclic) bond motifs is 1. The number of carbonyl (C=O) groups excluding carboxylic acids is 1. The van der Waals surface area contributed by atoms with E-state index >= 15 is 0 Å². The molecule has 2 aromatic carbocycles. The fourth-order valence-corrected chi connectivity index (χ4v) is 2.99. The Hall–Kier alpha value is -2.86. The number of hydrogen-bond donors (Lipinski definition) is 0. The lowest BCUT2D eigenvalue weighted by Gasteiger charge is -2.31. The van der Waals surface area contributed by atoms with Crippen LogP contribution in [0, 0.1) is 11.3 Å². The molecule has 0 aliphatic carbocycles. The highest BCUT2D eigenvalue weighted by molar-refractivity contribution is 5.96. The molecular weight excluding hydrogens is 284 g/mol. The van der Waals surface area contributed by atoms with Gasteiger partial charge < -0.3 is 0 Å². The van der Waals surface area contributed by atoms with Crippen molar-refractivity contribution >= 4 is 12.0 Å². The van der Waals surface area contributed by atoms with Crippen molar-refractivity contribution in [2.24, 2.45) is 0 Å². The van der Waals surface area contributed by atoms with Crippen LogP contribution in [0.15, 0.2) is 54.7 Å². The van der Waals surface area contributed by atoms with E-state index in [1.807, 2.05) is 42.5 Å². The molecule has 1 amide bonds. The molecule has 0 saturated carbocycles. The topological polar surface area (TPSA) is 44.1 Å². The number of nitriles is 1. The van der Waals surface area contributed by atoms with E-state index < -0.39 is 6.04 Å². The molecule has 0 radical (unpaired) electrons. The fourth-order valence-electron chi connectivity index (χ4n) is 2.99. The summed E-state index contributed by atoms with van der Waals surface area (Å²) >= 11 is 0. The average Bonchev–Trinajstić information content (AvgIpc) is 2.60. The molecule has 114 valence electrons. The van der Waals surface area contributed by atoms with E-state index in [9.17, 15) is 10.1 Å². The van der Waals surface area contributed by atoms with E-state index in [-0.39, 0.29) is 5.91 Å². The minimum absolute atomic E-state index is 0.155. The summed E-state index contributed by atoms with van der Waals surface area (Å²) in [5.74, 6) is 0.138. The molecule has 0 aromatic heterocycles. The molecule has 1 heterocycles. The Kier molecular flexibility index (Phi) is 3.99. The maximum Gasteiger partial charge on any atom is 0.259 e. The molecule has 23 heavy (non-hydrogen) atoms. The normalized spacial score (nSPS) is 16.1. The molecular formula is C20H18N2O. The lowest BCUT2D eigenvalue weighted by molar-refractivity contribution is 0.0794. The van der Waals surface area contributed by atoms with Crippen LogP contribution in [-0.4, -0.2) is 10.8 Å². The van der Waals surface area contributed by atoms with Crippen LogP contribution in [0.1, 0.15) is 52.9 Å². The number of benzene rings is 2. The highest BCUT2D eigenvalue weighted by atomic mass is 16.2. The van der Waals surface area contributed by atoms with Gasteiger partial charge in [-0.25, -0.2) is 0 Å². The van der Waals surface area contributed by atoms with Crippen LogP contribution < -0.4 is 0 Å². The molecule has 0 bridgehead atoms. The van der Waals surface area contributed by atoms with Crippen molar-refractivity contribution in [1.82, 2.24) is 4.90 Å². The number of amides is 1. The first-order valence-electron chi connectivity index (χ1n) is 7.72. The standard InChI is InChI=1S/C20H18N2O/c1-14(2)17-10-6-9-15-11-12-22(18(13-21)19(15)17)20(23)16-7-4-3-5-8-16/h3-12,14,18H,1-2H3. The lowest BCUT2D eigenvalue weighted by Crippen LogP contribution is -2.32. The van der Waals surface area contributed by atoms with E-state index in [4.69, 9.17) is 0 Å². The molecule has 1 aliphatic rings. The Morgan fingerprint density at radius 1 is 1.13 bits per heavy atom. The third-order valence-electron chi connectivity index (χ3n) is 4.14. The van der Waals surface area contributed by atoms with Crippen LogP contribution >= 0.6 is 0 Å². The SMILES string of the molecule is CC(C)c1cccc2c1C(C#N)N(C(=O)c1ccccc1)C=C2. The van der Waals surface area contributed by atoms with Crippen LogP contribution in [0.5, 0.6) is 0 Å². The lowest BCUT2D eigenvalue weighted by atomic mass is 9.87. The predicted octanol–water partition coefficient (Wildman–Crippen LogP) is 4.50. The Balaban J connectivity index is 2.08. The number of rotatable bonds is 2. The van der Waals surface area contributed by atoms with Crippen molar-refractivity contribution in [3.8, 4) is 6.07 Å². The van der Waals surface area contributed by atoms with Crippen molar-refractivity contribution < 1.29 is 4.79 Å². The quantitative estimate of drug-likeness (QED) is 0.819. The molecule has 2 aromatic rings. The van der Waals surface area contributed by atoms with Gasteiger partial charge in [0, 0.05) is 11.8 Å². The molecule has 3 rings (SSSR count). The second-order valence-corrected chi connectivity index (χ2v) is 5.93. The summed E-state index contributed by atoms with van der Waals surface area (Å²) in [7, 11) is 0. The van der Waals surface area contributed by atoms with Gasteiger partial charge >= 0.3 is 0 Å². The van der Waals surface area contributed by atoms with E-state index in [0.29, 0.717) is 11.5 Å². The molecule has 0 fully saturated rings. The van der Waals surface area contributed by atoms with Gasteiger partial charge in [0.05, 0.1) is 6.07 Å². The van der Waals surface area contributed by atoms with Gasteiger partial charge in [-0.05, 0) is 40.8 Å². The first-order valence-corrected chi connectivity index (χ1v) is 7.72. The summed E-state index contributed by atoms with van der Waals surface area (Å²) < 4.78 is 0. The van der Waals surface area contributed by atoms with Gasteiger partial charge in [-0.1, -0.05) is 50.2 Å². The highest BCUT2D eigenvalue weighted by Gasteiger charge is 2.31. The molecule has 1 atom stereocenters. The van der Waals surface area contributed by atoms with Crippen LogP contribution in [0.4, 0.5) is 0 Å². The zero-order valence-corrected chi connectivity index (χ0v) is 13.2. The minimum Gasteiger partial charge on any atom is -0.294 e. The van der Waals surface area contributed by atoms with E-state index in [1.165, 1.54) is 4.90 Å². The second kappa shape index (κ2) is 6.10. The van der Waals surface area contributed by atoms with Crippen LogP contribution in [-0.2, 0) is 0 Å². The highest BCUT2D eigenvalue weighted by Crippen LogP contribution is 2.36. The van der Waals surface area contributed by atoms with E-state index in [1.54, 1.807) is 18.3 Å². The Bertz CT molecular complexity index is 800. The first kappa shape index (κ1) is 15.1. The third kappa shape index (κ3) is 2.64. The molecule has 3 nitrogen and oxygen atoms in total. The summed E-state index contributed by atoms with van der Waals surface area (Å²) in [6.45, 7) is 4.21. The van der Waals surface area contributed by atoms with Crippen molar-refractivity contribution in [2.75, 3.05) is 0 Å². The molecule has 0 saturated heterocycles. The molecule has 0 N–H and O–H groups in total. The van der Waals surface area contributed by atoms with Gasteiger partial charge in [-0.2, -0.15) is 5.26 Å². The van der Waals surface area contributed by atoms with Gasteiger partial charge in [0.25, 0.3) is 5.91 Å². The van der Waals surface area contributed by atoms with Crippen molar-refractivity contribution in [3.05, 3.63) is 77.0 Å². The molecule has 1 aliphatic heterocycles. The number of nitrogens with zero attached hydrogens (tertiary/aromatic N) is 2. The van der Waals surface area contributed by atoms with E-state index in [0.717, 1.165) is 16.7 Å². The van der Waals surface area contributed by atoms with Crippen LogP contribution in [0.3, 0.4) is 0 Å². The number of carbonyl (C=O) groups is 1. The van der Waals surface area contributed by atoms with Crippen LogP contribution in [0.25, 0.3) is 6.08 Å². The van der Waals surface area contributed by atoms with Gasteiger partial charge in [-0.15, -0.1) is 0 Å². The molecule has 3 heteroatoms. The summed E-state index contributed by atoms with van der Waals surface area (Å²) in [5, 5.41) is 9.73. The zero-order chi connectivity index (χ0) is 16.4. The summed E-state index contributed by atoms with van der Waals surface area (Å²) in [6, 6.07) is 16.8. The predicted molar refractivity (Wildman–Crippen MR) is 90.5 cm³/mol. The summed E-state index contributed by atoms with van der Waals surface area (Å²) in [5.41, 5.74) is 3.66. The van der Waals surface area contributed by atoms with Gasteiger partial charge in [0.2, 0.25) is 0 Å². The Morgan fingerprint density at radius 2 is 1.87 bits per heavy atom. The van der Waals surface area contributed by atoms with Gasteiger partial charge in [0.15, 0.2) is 0 Å². The smallest absolute Gasteiger partial charge is 0.259 e. The summed E-state index contributed by atoms with van der Waals surface area (Å²) in [6.07, 6.45) is 3.63. The fraction of sp³-hybridized carbons (Fsp3) is 0.200. The second-order valence-electron chi connectivity index (χ2n) is 5.93. The largest absolute Gasteiger partial charge is 0.294 e. The van der Waals surface area contributed by atoms with Crippen LogP contribution in [0.2, 0.25) is 0 Å². The maximum atomic E-state index is 12.8. The monoisotopic (exact) mass is 302 g/mol. The van der Waals surface area contributed by atoms with E-state index in [2.05, 4.69) is 19.9 Å². The third-order valence-corrected chi connectivity index (χ3v) is 4.14. The Morgan fingerprint density at radius 3 is 2.52 bits per heavy atom. The summed E-state index contributed by atoms with van der Waals surface area (Å²) in [4.78, 5) is 14.3. The average molecular weight is 302 g/mol. The zero-order valence-electron chi connectivity index (χ0n) is 13.2. The minimum atomic E-state index is -0.596. The molecule has 0 spiro atoms. The Labute approximate surface area is 136 Å². The van der Waals surface area contributed by atoms with Crippen molar-refractivity contribution in [1.29, 1.82) is 5.26 Å². The van der Waals surface area contributed by atoms with Crippen molar-refractivity contribution in [2.45, 2.75) is 25.8 Å². The van der Waals surface area contributed by atoms with Gasteiger partial charge in [-0.3, -0.25) is 9.69 Å². The first-order chi connectivity index (χ1) is 11.1. The van der Waals surface area contributed by atoms with Crippen molar-refractivity contribution in [3.63, 3.8) is 0 Å². The molecule has 1 unspecified atom stereocenters.